The van der Waals surface area contributed by atoms with Crippen molar-refractivity contribution in [2.45, 2.75) is 42.6 Å². The van der Waals surface area contributed by atoms with E-state index in [1.165, 1.54) is 42.4 Å². The number of rotatable bonds is 3. The summed E-state index contributed by atoms with van der Waals surface area (Å²) in [5.41, 5.74) is 5.74. The fourth-order valence-corrected chi connectivity index (χ4v) is 5.35. The van der Waals surface area contributed by atoms with Gasteiger partial charge >= 0.3 is 0 Å². The average molecular weight is 306 g/mol. The van der Waals surface area contributed by atoms with Crippen molar-refractivity contribution in [3.8, 4) is 11.1 Å². The van der Waals surface area contributed by atoms with Gasteiger partial charge in [0.2, 0.25) is 0 Å². The Morgan fingerprint density at radius 3 is 2.41 bits per heavy atom. The second-order valence-electron chi connectivity index (χ2n) is 6.50. The molecular formula is C21H22S. The van der Waals surface area contributed by atoms with Crippen molar-refractivity contribution in [3.05, 3.63) is 71.8 Å². The third-order valence-corrected chi connectivity index (χ3v) is 6.29. The Morgan fingerprint density at radius 2 is 1.64 bits per heavy atom. The van der Waals surface area contributed by atoms with Gasteiger partial charge in [0.05, 0.1) is 0 Å². The van der Waals surface area contributed by atoms with E-state index in [0.717, 1.165) is 16.9 Å². The van der Waals surface area contributed by atoms with Gasteiger partial charge in [0, 0.05) is 10.5 Å². The predicted octanol–water partition coefficient (Wildman–Crippen LogP) is 5.88. The molecule has 0 saturated carbocycles. The largest absolute Gasteiger partial charge is 0.151 e. The molecule has 2 bridgehead atoms. The summed E-state index contributed by atoms with van der Waals surface area (Å²) in [6, 6.07) is 19.8. The molecule has 4 rings (SSSR count). The molecule has 2 heterocycles. The third kappa shape index (κ3) is 3.15. The summed E-state index contributed by atoms with van der Waals surface area (Å²) in [6.07, 6.45) is 9.25. The summed E-state index contributed by atoms with van der Waals surface area (Å²) in [7, 11) is 0. The van der Waals surface area contributed by atoms with Gasteiger partial charge in [0.15, 0.2) is 0 Å². The van der Waals surface area contributed by atoms with E-state index in [2.05, 4.69) is 72.4 Å². The molecule has 0 nitrogen and oxygen atoms in total. The molecule has 22 heavy (non-hydrogen) atoms. The number of fused-ring (bicyclic) bond motifs is 2. The number of thioether (sulfide) groups is 1. The van der Waals surface area contributed by atoms with E-state index in [4.69, 9.17) is 0 Å². The van der Waals surface area contributed by atoms with Crippen LogP contribution in [-0.2, 0) is 6.42 Å². The zero-order valence-corrected chi connectivity index (χ0v) is 13.7. The Labute approximate surface area is 137 Å². The van der Waals surface area contributed by atoms with Gasteiger partial charge in [-0.15, -0.1) is 0 Å². The minimum atomic E-state index is 0.797. The van der Waals surface area contributed by atoms with Crippen LogP contribution < -0.4 is 0 Å². The normalized spacial score (nSPS) is 23.9. The molecule has 0 aliphatic carbocycles. The number of hydrogen-bond acceptors (Lipinski definition) is 1. The zero-order chi connectivity index (χ0) is 14.8. The molecular weight excluding hydrogens is 284 g/mol. The minimum absolute atomic E-state index is 0.797. The van der Waals surface area contributed by atoms with Crippen molar-refractivity contribution < 1.29 is 0 Å². The summed E-state index contributed by atoms with van der Waals surface area (Å²) >= 11 is 2.21. The van der Waals surface area contributed by atoms with Crippen LogP contribution in [0, 0.1) is 0 Å². The van der Waals surface area contributed by atoms with Crippen molar-refractivity contribution in [1.29, 1.82) is 0 Å². The average Bonchev–Trinajstić information content (AvgIpc) is 2.56. The monoisotopic (exact) mass is 306 g/mol. The van der Waals surface area contributed by atoms with Crippen molar-refractivity contribution >= 4 is 11.8 Å². The second-order valence-corrected chi connectivity index (χ2v) is 8.04. The number of allylic oxidation sites excluding steroid dienone is 1. The Balaban J connectivity index is 1.49. The van der Waals surface area contributed by atoms with Crippen molar-refractivity contribution in [2.24, 2.45) is 0 Å². The van der Waals surface area contributed by atoms with Crippen LogP contribution in [0.4, 0.5) is 0 Å². The van der Waals surface area contributed by atoms with E-state index in [0.29, 0.717) is 0 Å². The molecule has 0 N–H and O–H groups in total. The lowest BCUT2D eigenvalue weighted by Gasteiger charge is -2.33. The number of hydrogen-bond donors (Lipinski definition) is 0. The summed E-state index contributed by atoms with van der Waals surface area (Å²) in [6.45, 7) is 0. The van der Waals surface area contributed by atoms with E-state index in [1.54, 1.807) is 5.57 Å². The van der Waals surface area contributed by atoms with Crippen molar-refractivity contribution in [1.82, 2.24) is 0 Å². The Bertz CT molecular complexity index is 654. The van der Waals surface area contributed by atoms with Gasteiger partial charge in [-0.25, -0.2) is 0 Å². The highest BCUT2D eigenvalue weighted by Gasteiger charge is 2.26. The maximum Gasteiger partial charge on any atom is 0.0232 e. The van der Waals surface area contributed by atoms with E-state index in [-0.39, 0.29) is 0 Å². The van der Waals surface area contributed by atoms with Gasteiger partial charge < -0.3 is 0 Å². The Kier molecular flexibility index (Phi) is 4.07. The first kappa shape index (κ1) is 14.1. The maximum absolute atomic E-state index is 2.56. The van der Waals surface area contributed by atoms with Gasteiger partial charge in [-0.05, 0) is 42.4 Å². The standard InChI is InChI=1S/C21H22S/c1-2-5-18(6-3-1)19-11-9-16(10-12-19)13-17-14-20-7-4-8-21(15-17)22-20/h1-3,5-6,9-12,14,20-21H,4,7-8,13,15H2. The molecule has 2 unspecified atom stereocenters. The van der Waals surface area contributed by atoms with Crippen LogP contribution in [0.3, 0.4) is 0 Å². The van der Waals surface area contributed by atoms with Crippen LogP contribution in [0.25, 0.3) is 11.1 Å². The summed E-state index contributed by atoms with van der Waals surface area (Å²) in [5, 5.41) is 1.69. The lowest BCUT2D eigenvalue weighted by Crippen LogP contribution is -2.22. The fourth-order valence-electron chi connectivity index (χ4n) is 3.67. The molecule has 0 spiro atoms. The van der Waals surface area contributed by atoms with Crippen LogP contribution in [0.15, 0.2) is 66.2 Å². The van der Waals surface area contributed by atoms with Crippen LogP contribution in [0.1, 0.15) is 31.2 Å². The molecule has 2 aromatic carbocycles. The van der Waals surface area contributed by atoms with E-state index < -0.39 is 0 Å². The van der Waals surface area contributed by atoms with Crippen LogP contribution >= 0.6 is 11.8 Å². The summed E-state index contributed by atoms with van der Waals surface area (Å²) in [4.78, 5) is 0. The van der Waals surface area contributed by atoms with Crippen molar-refractivity contribution in [3.63, 3.8) is 0 Å². The second kappa shape index (κ2) is 6.34. The van der Waals surface area contributed by atoms with Crippen LogP contribution in [0.2, 0.25) is 0 Å². The molecule has 0 radical (unpaired) electrons. The molecule has 1 fully saturated rings. The molecule has 112 valence electrons. The molecule has 0 aromatic heterocycles. The number of benzene rings is 2. The first-order chi connectivity index (χ1) is 10.9. The van der Waals surface area contributed by atoms with E-state index >= 15 is 0 Å². The van der Waals surface area contributed by atoms with Gasteiger partial charge in [-0.1, -0.05) is 72.7 Å². The molecule has 2 aliphatic heterocycles. The topological polar surface area (TPSA) is 0 Å². The highest BCUT2D eigenvalue weighted by molar-refractivity contribution is 8.00. The van der Waals surface area contributed by atoms with Gasteiger partial charge in [-0.2, -0.15) is 11.8 Å². The summed E-state index contributed by atoms with van der Waals surface area (Å²) < 4.78 is 0. The van der Waals surface area contributed by atoms with Crippen LogP contribution in [-0.4, -0.2) is 10.5 Å². The van der Waals surface area contributed by atoms with Gasteiger partial charge in [0.1, 0.15) is 0 Å². The Morgan fingerprint density at radius 1 is 0.864 bits per heavy atom. The highest BCUT2D eigenvalue weighted by atomic mass is 32.2. The fraction of sp³-hybridized carbons (Fsp3) is 0.333. The Hall–Kier alpha value is -1.47. The molecule has 2 aliphatic rings. The molecule has 0 amide bonds. The first-order valence-corrected chi connectivity index (χ1v) is 9.30. The third-order valence-electron chi connectivity index (χ3n) is 4.79. The predicted molar refractivity (Wildman–Crippen MR) is 97.3 cm³/mol. The zero-order valence-electron chi connectivity index (χ0n) is 12.9. The SMILES string of the molecule is C1=C(Cc2ccc(-c3ccccc3)cc2)CC2CCCC1S2. The van der Waals surface area contributed by atoms with Crippen molar-refractivity contribution in [2.75, 3.05) is 0 Å². The van der Waals surface area contributed by atoms with E-state index in [1.807, 2.05) is 0 Å². The van der Waals surface area contributed by atoms with Crippen LogP contribution in [0.5, 0.6) is 0 Å². The lowest BCUT2D eigenvalue weighted by atomic mass is 9.93. The molecule has 1 heteroatoms. The molecule has 2 aromatic rings. The maximum atomic E-state index is 2.56. The van der Waals surface area contributed by atoms with Gasteiger partial charge in [-0.3, -0.25) is 0 Å². The van der Waals surface area contributed by atoms with E-state index in [9.17, 15) is 0 Å². The smallest absolute Gasteiger partial charge is 0.0232 e. The minimum Gasteiger partial charge on any atom is -0.151 e. The lowest BCUT2D eigenvalue weighted by molar-refractivity contribution is 0.607. The summed E-state index contributed by atoms with van der Waals surface area (Å²) in [5.74, 6) is 0. The highest BCUT2D eigenvalue weighted by Crippen LogP contribution is 2.41. The quantitative estimate of drug-likeness (QED) is 0.638. The molecule has 1 saturated heterocycles. The van der Waals surface area contributed by atoms with Gasteiger partial charge in [0.25, 0.3) is 0 Å². The first-order valence-electron chi connectivity index (χ1n) is 8.36. The molecule has 2 atom stereocenters.